The van der Waals surface area contributed by atoms with Gasteiger partial charge in [-0.15, -0.1) is 0 Å². The van der Waals surface area contributed by atoms with E-state index in [0.29, 0.717) is 11.9 Å². The number of para-hydroxylation sites is 2. The van der Waals surface area contributed by atoms with Crippen molar-refractivity contribution in [2.45, 2.75) is 0 Å². The minimum Gasteiger partial charge on any atom is -0.495 e. The highest BCUT2D eigenvalue weighted by molar-refractivity contribution is 6.28. The number of anilines is 3. The lowest BCUT2D eigenvalue weighted by molar-refractivity contribution is 0.415. The van der Waals surface area contributed by atoms with Crippen LogP contribution < -0.4 is 15.0 Å². The number of ether oxygens (including phenoxy) is 1. The maximum absolute atomic E-state index is 5.87. The van der Waals surface area contributed by atoms with Crippen LogP contribution in [0.15, 0.2) is 24.3 Å². The summed E-state index contributed by atoms with van der Waals surface area (Å²) in [4.78, 5) is 14.1. The van der Waals surface area contributed by atoms with E-state index in [1.165, 1.54) is 0 Å². The van der Waals surface area contributed by atoms with Crippen molar-refractivity contribution < 1.29 is 4.74 Å². The molecule has 0 spiro atoms. The topological polar surface area (TPSA) is 63.2 Å². The molecular formula is C12H14ClN5O. The summed E-state index contributed by atoms with van der Waals surface area (Å²) in [5.41, 5.74) is 0.842. The summed E-state index contributed by atoms with van der Waals surface area (Å²) in [7, 11) is 5.17. The van der Waals surface area contributed by atoms with Gasteiger partial charge in [0.2, 0.25) is 17.2 Å². The number of nitrogens with zero attached hydrogens (tertiary/aromatic N) is 4. The Morgan fingerprint density at radius 1 is 1.21 bits per heavy atom. The van der Waals surface area contributed by atoms with Crippen molar-refractivity contribution in [1.82, 2.24) is 15.0 Å². The van der Waals surface area contributed by atoms with Gasteiger partial charge in [-0.25, -0.2) is 0 Å². The van der Waals surface area contributed by atoms with Gasteiger partial charge in [-0.3, -0.25) is 0 Å². The largest absolute Gasteiger partial charge is 0.495 e. The highest BCUT2D eigenvalue weighted by Crippen LogP contribution is 2.30. The Morgan fingerprint density at radius 2 is 1.95 bits per heavy atom. The highest BCUT2D eigenvalue weighted by atomic mass is 35.5. The van der Waals surface area contributed by atoms with Gasteiger partial charge in [-0.05, 0) is 23.7 Å². The van der Waals surface area contributed by atoms with E-state index >= 15 is 0 Å². The van der Waals surface area contributed by atoms with Crippen LogP contribution in [-0.2, 0) is 0 Å². The van der Waals surface area contributed by atoms with Gasteiger partial charge in [-0.1, -0.05) is 12.1 Å². The number of methoxy groups -OCH3 is 1. The third-order valence-electron chi connectivity index (χ3n) is 2.57. The number of benzene rings is 1. The van der Waals surface area contributed by atoms with Crippen LogP contribution in [0.4, 0.5) is 17.6 Å². The summed E-state index contributed by atoms with van der Waals surface area (Å²) in [6.45, 7) is 0. The first-order chi connectivity index (χ1) is 9.15. The minimum absolute atomic E-state index is 0.135. The molecule has 100 valence electrons. The van der Waals surface area contributed by atoms with Gasteiger partial charge in [0.1, 0.15) is 5.75 Å². The van der Waals surface area contributed by atoms with E-state index in [2.05, 4.69) is 20.3 Å². The van der Waals surface area contributed by atoms with Crippen LogP contribution in [0.3, 0.4) is 0 Å². The fourth-order valence-corrected chi connectivity index (χ4v) is 1.77. The fourth-order valence-electron chi connectivity index (χ4n) is 1.62. The normalized spacial score (nSPS) is 10.1. The molecule has 0 saturated heterocycles. The average molecular weight is 280 g/mol. The predicted octanol–water partition coefficient (Wildman–Crippen LogP) is 2.34. The first kappa shape index (κ1) is 13.4. The molecular weight excluding hydrogens is 266 g/mol. The second kappa shape index (κ2) is 5.71. The first-order valence-electron chi connectivity index (χ1n) is 5.61. The first-order valence-corrected chi connectivity index (χ1v) is 5.99. The van der Waals surface area contributed by atoms with Crippen LogP contribution in [0.1, 0.15) is 0 Å². The molecule has 0 amide bonds. The van der Waals surface area contributed by atoms with Gasteiger partial charge < -0.3 is 15.0 Å². The molecule has 6 nitrogen and oxygen atoms in total. The Morgan fingerprint density at radius 3 is 2.63 bits per heavy atom. The van der Waals surface area contributed by atoms with E-state index in [9.17, 15) is 0 Å². The van der Waals surface area contributed by atoms with E-state index in [0.717, 1.165) is 11.4 Å². The minimum atomic E-state index is 0.135. The molecule has 7 heteroatoms. The third-order valence-corrected chi connectivity index (χ3v) is 2.74. The average Bonchev–Trinajstić information content (AvgIpc) is 2.45. The van der Waals surface area contributed by atoms with Crippen LogP contribution in [-0.4, -0.2) is 36.2 Å². The summed E-state index contributed by atoms with van der Waals surface area (Å²) in [6, 6.07) is 7.59. The summed E-state index contributed by atoms with van der Waals surface area (Å²) in [5, 5.41) is 2.97. The van der Waals surface area contributed by atoms with Crippen molar-refractivity contribution in [1.29, 1.82) is 0 Å². The molecule has 0 aliphatic rings. The lowest BCUT2D eigenvalue weighted by Crippen LogP contribution is -2.15. The number of halogens is 1. The number of rotatable bonds is 4. The van der Waals surface area contributed by atoms with Crippen LogP contribution >= 0.6 is 11.6 Å². The monoisotopic (exact) mass is 279 g/mol. The van der Waals surface area contributed by atoms with Crippen molar-refractivity contribution in [3.05, 3.63) is 29.5 Å². The molecule has 19 heavy (non-hydrogen) atoms. The molecule has 0 atom stereocenters. The maximum Gasteiger partial charge on any atom is 0.235 e. The molecule has 0 aliphatic carbocycles. The zero-order valence-electron chi connectivity index (χ0n) is 10.9. The molecule has 0 unspecified atom stereocenters. The van der Waals surface area contributed by atoms with Crippen molar-refractivity contribution in [2.75, 3.05) is 31.4 Å². The molecule has 2 aromatic rings. The molecule has 0 saturated carbocycles. The number of hydrogen-bond acceptors (Lipinski definition) is 6. The van der Waals surface area contributed by atoms with Gasteiger partial charge in [0.15, 0.2) is 0 Å². The molecule has 0 aliphatic heterocycles. The van der Waals surface area contributed by atoms with Crippen molar-refractivity contribution in [2.24, 2.45) is 0 Å². The van der Waals surface area contributed by atoms with Crippen molar-refractivity contribution in [3.63, 3.8) is 0 Å². The predicted molar refractivity (Wildman–Crippen MR) is 75.4 cm³/mol. The second-order valence-corrected chi connectivity index (χ2v) is 4.05. The molecule has 0 radical (unpaired) electrons. The van der Waals surface area contributed by atoms with Crippen LogP contribution in [0.5, 0.6) is 5.75 Å². The van der Waals surface area contributed by atoms with Gasteiger partial charge in [0.25, 0.3) is 0 Å². The Hall–Kier alpha value is -2.08. The van der Waals surface area contributed by atoms with Crippen LogP contribution in [0.2, 0.25) is 5.28 Å². The zero-order chi connectivity index (χ0) is 13.8. The lowest BCUT2D eigenvalue weighted by Gasteiger charge is -2.19. The quantitative estimate of drug-likeness (QED) is 0.927. The third kappa shape index (κ3) is 2.85. The second-order valence-electron chi connectivity index (χ2n) is 3.71. The van der Waals surface area contributed by atoms with Crippen molar-refractivity contribution in [3.8, 4) is 5.75 Å². The lowest BCUT2D eigenvalue weighted by atomic mass is 10.3. The molecule has 1 aromatic carbocycles. The number of hydrogen-bond donors (Lipinski definition) is 1. The van der Waals surface area contributed by atoms with Gasteiger partial charge in [0, 0.05) is 14.1 Å². The van der Waals surface area contributed by atoms with Crippen LogP contribution in [0.25, 0.3) is 0 Å². The molecule has 0 bridgehead atoms. The molecule has 1 N–H and O–H groups in total. The summed E-state index contributed by atoms with van der Waals surface area (Å²) >= 11 is 5.87. The Bertz CT molecular complexity index is 578. The Labute approximate surface area is 116 Å². The smallest absolute Gasteiger partial charge is 0.235 e. The molecule has 0 fully saturated rings. The van der Waals surface area contributed by atoms with E-state index in [1.807, 2.05) is 31.3 Å². The standard InChI is InChI=1S/C12H14ClN5O/c1-14-11-15-10(13)16-12(17-11)18(2)8-6-4-5-7-9(8)19-3/h4-7H,1-3H3,(H,14,15,16,17). The Kier molecular flexibility index (Phi) is 4.01. The fraction of sp³-hybridized carbons (Fsp3) is 0.250. The zero-order valence-corrected chi connectivity index (χ0v) is 11.6. The van der Waals surface area contributed by atoms with Crippen molar-refractivity contribution >= 4 is 29.2 Å². The maximum atomic E-state index is 5.87. The highest BCUT2D eigenvalue weighted by Gasteiger charge is 2.13. The summed E-state index contributed by atoms with van der Waals surface area (Å²) in [6.07, 6.45) is 0. The number of aromatic nitrogens is 3. The van der Waals surface area contributed by atoms with E-state index in [-0.39, 0.29) is 5.28 Å². The van der Waals surface area contributed by atoms with E-state index in [1.54, 1.807) is 19.1 Å². The van der Waals surface area contributed by atoms with Gasteiger partial charge in [-0.2, -0.15) is 15.0 Å². The molecule has 2 rings (SSSR count). The van der Waals surface area contributed by atoms with E-state index < -0.39 is 0 Å². The molecule has 1 heterocycles. The summed E-state index contributed by atoms with van der Waals surface area (Å²) in [5.74, 6) is 1.58. The number of nitrogens with one attached hydrogen (secondary N) is 1. The summed E-state index contributed by atoms with van der Waals surface area (Å²) < 4.78 is 5.31. The van der Waals surface area contributed by atoms with Crippen LogP contribution in [0, 0.1) is 0 Å². The SMILES string of the molecule is CNc1nc(Cl)nc(N(C)c2ccccc2OC)n1. The molecule has 1 aromatic heterocycles. The van der Waals surface area contributed by atoms with Gasteiger partial charge in [0.05, 0.1) is 12.8 Å². The van der Waals surface area contributed by atoms with Gasteiger partial charge >= 0.3 is 0 Å². The van der Waals surface area contributed by atoms with E-state index in [4.69, 9.17) is 16.3 Å². The Balaban J connectivity index is 2.43.